The maximum Gasteiger partial charge on any atom is -0.00358 e. The van der Waals surface area contributed by atoms with Crippen LogP contribution < -0.4 is 5.32 Å². The summed E-state index contributed by atoms with van der Waals surface area (Å²) in [6.45, 7) is 4.15. The molecular formula is C8H15N. The zero-order valence-electron chi connectivity index (χ0n) is 6.22. The summed E-state index contributed by atoms with van der Waals surface area (Å²) in [6.07, 6.45) is 10.3. The minimum atomic E-state index is 1.16. The van der Waals surface area contributed by atoms with Crippen LogP contribution in [0.2, 0.25) is 0 Å². The quantitative estimate of drug-likeness (QED) is 0.608. The lowest BCUT2D eigenvalue weighted by Crippen LogP contribution is -1.89. The topological polar surface area (TPSA) is 12.0 Å². The van der Waals surface area contributed by atoms with Crippen LogP contribution in [-0.4, -0.2) is 0 Å². The Morgan fingerprint density at radius 1 is 1.33 bits per heavy atom. The minimum Gasteiger partial charge on any atom is -0.368 e. The predicted octanol–water partition coefficient (Wildman–Crippen LogP) is 2.42. The van der Waals surface area contributed by atoms with E-state index in [0.29, 0.717) is 0 Å². The zero-order chi connectivity index (χ0) is 6.95. The SMILES string of the molecule is C/C=C\N/C=C/CCC. The van der Waals surface area contributed by atoms with Crippen LogP contribution in [0.25, 0.3) is 0 Å². The summed E-state index contributed by atoms with van der Waals surface area (Å²) < 4.78 is 0. The van der Waals surface area contributed by atoms with Gasteiger partial charge in [0.2, 0.25) is 0 Å². The van der Waals surface area contributed by atoms with Crippen molar-refractivity contribution >= 4 is 0 Å². The van der Waals surface area contributed by atoms with E-state index in [0.717, 1.165) is 6.42 Å². The summed E-state index contributed by atoms with van der Waals surface area (Å²) in [5, 5.41) is 3.01. The van der Waals surface area contributed by atoms with Crippen LogP contribution in [-0.2, 0) is 0 Å². The van der Waals surface area contributed by atoms with E-state index in [9.17, 15) is 0 Å². The number of allylic oxidation sites excluding steroid dienone is 2. The van der Waals surface area contributed by atoms with Gasteiger partial charge in [-0.3, -0.25) is 0 Å². The van der Waals surface area contributed by atoms with Gasteiger partial charge in [-0.15, -0.1) is 0 Å². The number of nitrogens with one attached hydrogen (secondary N) is 1. The largest absolute Gasteiger partial charge is 0.368 e. The molecule has 0 fully saturated rings. The molecule has 0 saturated carbocycles. The fourth-order valence-corrected chi connectivity index (χ4v) is 0.470. The smallest absolute Gasteiger partial charge is 0.00358 e. The van der Waals surface area contributed by atoms with E-state index < -0.39 is 0 Å². The second-order valence-electron chi connectivity index (χ2n) is 1.86. The molecule has 0 aliphatic heterocycles. The summed E-state index contributed by atoms with van der Waals surface area (Å²) >= 11 is 0. The van der Waals surface area contributed by atoms with Crippen LogP contribution in [0.4, 0.5) is 0 Å². The third kappa shape index (κ3) is 7.28. The van der Waals surface area contributed by atoms with Gasteiger partial charge in [-0.05, 0) is 25.7 Å². The lowest BCUT2D eigenvalue weighted by Gasteiger charge is -1.86. The van der Waals surface area contributed by atoms with E-state index in [4.69, 9.17) is 0 Å². The Bertz CT molecular complexity index is 92.7. The summed E-state index contributed by atoms with van der Waals surface area (Å²) in [7, 11) is 0. The van der Waals surface area contributed by atoms with Crippen LogP contribution in [0.1, 0.15) is 26.7 Å². The molecule has 0 spiro atoms. The number of hydrogen-bond acceptors (Lipinski definition) is 1. The molecular weight excluding hydrogens is 110 g/mol. The predicted molar refractivity (Wildman–Crippen MR) is 42.0 cm³/mol. The average molecular weight is 125 g/mol. The lowest BCUT2D eigenvalue weighted by molar-refractivity contribution is 0.949. The first-order valence-corrected chi connectivity index (χ1v) is 3.44. The zero-order valence-corrected chi connectivity index (χ0v) is 6.22. The molecule has 0 heterocycles. The summed E-state index contributed by atoms with van der Waals surface area (Å²) in [6, 6.07) is 0. The van der Waals surface area contributed by atoms with Crippen molar-refractivity contribution in [2.24, 2.45) is 0 Å². The van der Waals surface area contributed by atoms with Crippen molar-refractivity contribution in [2.45, 2.75) is 26.7 Å². The van der Waals surface area contributed by atoms with Crippen molar-refractivity contribution in [1.29, 1.82) is 0 Å². The highest BCUT2D eigenvalue weighted by atomic mass is 14.8. The van der Waals surface area contributed by atoms with Gasteiger partial charge in [-0.2, -0.15) is 0 Å². The van der Waals surface area contributed by atoms with Gasteiger partial charge >= 0.3 is 0 Å². The Hall–Kier alpha value is -0.720. The second-order valence-corrected chi connectivity index (χ2v) is 1.86. The Kier molecular flexibility index (Phi) is 6.70. The van der Waals surface area contributed by atoms with E-state index in [-0.39, 0.29) is 0 Å². The van der Waals surface area contributed by atoms with E-state index in [1.165, 1.54) is 6.42 Å². The van der Waals surface area contributed by atoms with Crippen molar-refractivity contribution in [1.82, 2.24) is 5.32 Å². The van der Waals surface area contributed by atoms with Gasteiger partial charge in [-0.25, -0.2) is 0 Å². The fourth-order valence-electron chi connectivity index (χ4n) is 0.470. The average Bonchev–Trinajstić information content (AvgIpc) is 1.89. The second kappa shape index (κ2) is 7.28. The van der Waals surface area contributed by atoms with Gasteiger partial charge in [0.1, 0.15) is 0 Å². The molecule has 0 aliphatic rings. The monoisotopic (exact) mass is 125 g/mol. The molecule has 1 nitrogen and oxygen atoms in total. The van der Waals surface area contributed by atoms with E-state index >= 15 is 0 Å². The van der Waals surface area contributed by atoms with E-state index in [2.05, 4.69) is 18.3 Å². The lowest BCUT2D eigenvalue weighted by atomic mass is 10.3. The van der Waals surface area contributed by atoms with Crippen molar-refractivity contribution in [3.8, 4) is 0 Å². The van der Waals surface area contributed by atoms with Crippen molar-refractivity contribution in [3.63, 3.8) is 0 Å². The highest BCUT2D eigenvalue weighted by Gasteiger charge is 1.68. The first-order valence-electron chi connectivity index (χ1n) is 3.44. The van der Waals surface area contributed by atoms with Gasteiger partial charge in [0.15, 0.2) is 0 Å². The van der Waals surface area contributed by atoms with Crippen molar-refractivity contribution in [2.75, 3.05) is 0 Å². The van der Waals surface area contributed by atoms with E-state index in [1.807, 2.05) is 25.4 Å². The number of rotatable bonds is 4. The van der Waals surface area contributed by atoms with Crippen LogP contribution in [0.5, 0.6) is 0 Å². The molecule has 0 aliphatic carbocycles. The third-order valence-electron chi connectivity index (χ3n) is 0.932. The molecule has 0 aromatic rings. The Morgan fingerprint density at radius 2 is 2.11 bits per heavy atom. The number of hydrogen-bond donors (Lipinski definition) is 1. The Morgan fingerprint density at radius 3 is 2.67 bits per heavy atom. The molecule has 0 amide bonds. The van der Waals surface area contributed by atoms with Crippen LogP contribution in [0.3, 0.4) is 0 Å². The van der Waals surface area contributed by atoms with Gasteiger partial charge in [0.05, 0.1) is 0 Å². The van der Waals surface area contributed by atoms with Gasteiger partial charge < -0.3 is 5.32 Å². The third-order valence-corrected chi connectivity index (χ3v) is 0.932. The maximum absolute atomic E-state index is 3.01. The first-order chi connectivity index (χ1) is 4.41. The molecule has 52 valence electrons. The van der Waals surface area contributed by atoms with Gasteiger partial charge in [0.25, 0.3) is 0 Å². The van der Waals surface area contributed by atoms with E-state index in [1.54, 1.807) is 0 Å². The highest BCUT2D eigenvalue weighted by Crippen LogP contribution is 1.85. The van der Waals surface area contributed by atoms with Crippen molar-refractivity contribution < 1.29 is 0 Å². The molecule has 0 rings (SSSR count). The minimum absolute atomic E-state index is 1.16. The van der Waals surface area contributed by atoms with Gasteiger partial charge in [0, 0.05) is 0 Å². The molecule has 0 bridgehead atoms. The first kappa shape index (κ1) is 8.28. The Labute approximate surface area is 57.5 Å². The molecule has 0 unspecified atom stereocenters. The normalized spacial score (nSPS) is 11.3. The van der Waals surface area contributed by atoms with Crippen LogP contribution in [0, 0.1) is 0 Å². The standard InChI is InChI=1S/C8H15N/c1-3-5-6-8-9-7-4-2/h4,6-9H,3,5H2,1-2H3/b7-4-,8-6+. The molecule has 9 heavy (non-hydrogen) atoms. The number of unbranched alkanes of at least 4 members (excludes halogenated alkanes) is 1. The summed E-state index contributed by atoms with van der Waals surface area (Å²) in [4.78, 5) is 0. The molecule has 1 heteroatoms. The molecule has 1 N–H and O–H groups in total. The molecule has 0 aromatic heterocycles. The maximum atomic E-state index is 3.01. The molecule has 0 saturated heterocycles. The Balaban J connectivity index is 3.04. The molecule has 0 radical (unpaired) electrons. The van der Waals surface area contributed by atoms with Gasteiger partial charge in [-0.1, -0.05) is 25.5 Å². The van der Waals surface area contributed by atoms with Crippen molar-refractivity contribution in [3.05, 3.63) is 24.6 Å². The summed E-state index contributed by atoms with van der Waals surface area (Å²) in [5.41, 5.74) is 0. The highest BCUT2D eigenvalue weighted by molar-refractivity contribution is 4.86. The van der Waals surface area contributed by atoms with Crippen LogP contribution in [0.15, 0.2) is 24.6 Å². The summed E-state index contributed by atoms with van der Waals surface area (Å²) in [5.74, 6) is 0. The van der Waals surface area contributed by atoms with Crippen LogP contribution >= 0.6 is 0 Å². The molecule has 0 atom stereocenters. The molecule has 0 aromatic carbocycles. The fraction of sp³-hybridized carbons (Fsp3) is 0.500.